The van der Waals surface area contributed by atoms with E-state index in [0.717, 1.165) is 10.5 Å². The first kappa shape index (κ1) is 19.5. The third kappa shape index (κ3) is 5.93. The molecule has 0 aromatic heterocycles. The Bertz CT molecular complexity index is 836. The zero-order valence-corrected chi connectivity index (χ0v) is 15.5. The molecule has 0 aliphatic carbocycles. The van der Waals surface area contributed by atoms with E-state index in [1.807, 2.05) is 30.5 Å². The molecule has 0 radical (unpaired) electrons. The van der Waals surface area contributed by atoms with Gasteiger partial charge in [-0.05, 0) is 53.8 Å². The van der Waals surface area contributed by atoms with E-state index >= 15 is 0 Å². The number of phenols is 1. The minimum Gasteiger partial charge on any atom is -0.504 e. The van der Waals surface area contributed by atoms with E-state index in [9.17, 15) is 14.7 Å². The monoisotopic (exact) mass is 368 g/mol. The summed E-state index contributed by atoms with van der Waals surface area (Å²) in [5.41, 5.74) is 1.61. The molecule has 5 heteroatoms. The van der Waals surface area contributed by atoms with Crippen molar-refractivity contribution in [2.75, 3.05) is 13.4 Å². The lowest BCUT2D eigenvalue weighted by Gasteiger charge is -2.03. The van der Waals surface area contributed by atoms with Crippen LogP contribution in [0.15, 0.2) is 59.5 Å². The number of benzene rings is 2. The summed E-state index contributed by atoms with van der Waals surface area (Å²) in [7, 11) is 1.45. The van der Waals surface area contributed by atoms with Gasteiger partial charge in [-0.3, -0.25) is 9.59 Å². The van der Waals surface area contributed by atoms with Crippen LogP contribution in [0.4, 0.5) is 0 Å². The topological polar surface area (TPSA) is 63.6 Å². The second-order valence-corrected chi connectivity index (χ2v) is 6.36. The van der Waals surface area contributed by atoms with E-state index in [1.54, 1.807) is 36.0 Å². The van der Waals surface area contributed by atoms with Crippen molar-refractivity contribution in [3.8, 4) is 11.5 Å². The van der Waals surface area contributed by atoms with Crippen LogP contribution in [0.2, 0.25) is 0 Å². The van der Waals surface area contributed by atoms with Gasteiger partial charge in [0, 0.05) is 4.90 Å². The molecule has 0 unspecified atom stereocenters. The summed E-state index contributed by atoms with van der Waals surface area (Å²) in [6, 6.07) is 12.6. The summed E-state index contributed by atoms with van der Waals surface area (Å²) in [5.74, 6) is -0.186. The molecule has 0 bridgehead atoms. The SMILES string of the molecule is COc1cc(C=CC(=O)CC(=O)C=Cc2ccc(SC)cc2)ccc1O. The highest BCUT2D eigenvalue weighted by Gasteiger charge is 2.05. The maximum atomic E-state index is 11.9. The maximum absolute atomic E-state index is 11.9. The smallest absolute Gasteiger partial charge is 0.163 e. The number of allylic oxidation sites excluding steroid dienone is 2. The molecular formula is C21H20O4S. The van der Waals surface area contributed by atoms with Gasteiger partial charge in [0.1, 0.15) is 0 Å². The van der Waals surface area contributed by atoms with Crippen molar-refractivity contribution < 1.29 is 19.4 Å². The Kier molecular flexibility index (Phi) is 7.24. The molecule has 0 aliphatic heterocycles. The molecule has 0 heterocycles. The van der Waals surface area contributed by atoms with Crippen molar-refractivity contribution in [2.24, 2.45) is 0 Å². The van der Waals surface area contributed by atoms with Crippen molar-refractivity contribution in [1.82, 2.24) is 0 Å². The number of aromatic hydroxyl groups is 1. The Morgan fingerprint density at radius 2 is 1.58 bits per heavy atom. The van der Waals surface area contributed by atoms with E-state index in [2.05, 4.69) is 0 Å². The molecule has 2 rings (SSSR count). The molecule has 1 N–H and O–H groups in total. The Balaban J connectivity index is 1.91. The fraction of sp³-hybridized carbons (Fsp3) is 0.143. The van der Waals surface area contributed by atoms with Gasteiger partial charge in [-0.1, -0.05) is 30.4 Å². The first-order valence-electron chi connectivity index (χ1n) is 7.94. The molecule has 2 aromatic carbocycles. The zero-order chi connectivity index (χ0) is 18.9. The van der Waals surface area contributed by atoms with E-state index in [0.29, 0.717) is 11.3 Å². The number of hydrogen-bond donors (Lipinski definition) is 1. The predicted molar refractivity (Wildman–Crippen MR) is 106 cm³/mol. The Morgan fingerprint density at radius 1 is 1.00 bits per heavy atom. The van der Waals surface area contributed by atoms with Crippen LogP contribution >= 0.6 is 11.8 Å². The van der Waals surface area contributed by atoms with E-state index in [4.69, 9.17) is 4.74 Å². The minimum atomic E-state index is -0.288. The molecule has 4 nitrogen and oxygen atoms in total. The third-order valence-electron chi connectivity index (χ3n) is 3.59. The van der Waals surface area contributed by atoms with Gasteiger partial charge < -0.3 is 9.84 Å². The van der Waals surface area contributed by atoms with E-state index in [-0.39, 0.29) is 23.7 Å². The zero-order valence-electron chi connectivity index (χ0n) is 14.6. The number of phenolic OH excluding ortho intramolecular Hbond substituents is 1. The van der Waals surface area contributed by atoms with Crippen LogP contribution in [0.1, 0.15) is 17.5 Å². The van der Waals surface area contributed by atoms with Crippen LogP contribution < -0.4 is 4.74 Å². The number of thioether (sulfide) groups is 1. The maximum Gasteiger partial charge on any atom is 0.163 e. The van der Waals surface area contributed by atoms with Crippen molar-refractivity contribution >= 4 is 35.5 Å². The molecule has 0 spiro atoms. The lowest BCUT2D eigenvalue weighted by atomic mass is 10.1. The average Bonchev–Trinajstić information content (AvgIpc) is 2.66. The molecule has 0 saturated carbocycles. The average molecular weight is 368 g/mol. The van der Waals surface area contributed by atoms with Crippen LogP contribution in [0.5, 0.6) is 11.5 Å². The van der Waals surface area contributed by atoms with Crippen molar-refractivity contribution in [3.63, 3.8) is 0 Å². The highest BCUT2D eigenvalue weighted by Crippen LogP contribution is 2.26. The lowest BCUT2D eigenvalue weighted by Crippen LogP contribution is -2.01. The summed E-state index contributed by atoms with van der Waals surface area (Å²) in [6.07, 6.45) is 7.87. The number of rotatable bonds is 8. The standard InChI is InChI=1S/C21H20O4S/c1-25-21-13-16(7-12-20(21)24)4-9-18(23)14-17(22)8-3-15-5-10-19(26-2)11-6-15/h3-13,24H,14H2,1-2H3. The van der Waals surface area contributed by atoms with Crippen LogP contribution in [0, 0.1) is 0 Å². The number of ether oxygens (including phenoxy) is 1. The summed E-state index contributed by atoms with van der Waals surface area (Å²) >= 11 is 1.65. The van der Waals surface area contributed by atoms with Gasteiger partial charge in [-0.2, -0.15) is 0 Å². The summed E-state index contributed by atoms with van der Waals surface area (Å²) in [5, 5.41) is 9.54. The van der Waals surface area contributed by atoms with Crippen molar-refractivity contribution in [3.05, 3.63) is 65.7 Å². The Hall–Kier alpha value is -2.79. The summed E-state index contributed by atoms with van der Waals surface area (Å²) in [4.78, 5) is 25.0. The number of hydrogen-bond acceptors (Lipinski definition) is 5. The first-order valence-corrected chi connectivity index (χ1v) is 9.17. The lowest BCUT2D eigenvalue weighted by molar-refractivity contribution is -0.121. The molecule has 134 valence electrons. The van der Waals surface area contributed by atoms with Gasteiger partial charge in [-0.25, -0.2) is 0 Å². The molecule has 0 aliphatic rings. The van der Waals surface area contributed by atoms with E-state index in [1.165, 1.54) is 25.3 Å². The minimum absolute atomic E-state index is 0.0295. The molecule has 0 saturated heterocycles. The molecule has 2 aromatic rings. The largest absolute Gasteiger partial charge is 0.504 e. The number of methoxy groups -OCH3 is 1. The van der Waals surface area contributed by atoms with Crippen molar-refractivity contribution in [2.45, 2.75) is 11.3 Å². The molecule has 0 fully saturated rings. The second kappa shape index (κ2) is 9.63. The highest BCUT2D eigenvalue weighted by molar-refractivity contribution is 7.98. The fourth-order valence-corrected chi connectivity index (χ4v) is 2.59. The van der Waals surface area contributed by atoms with Gasteiger partial charge in [0.15, 0.2) is 23.1 Å². The first-order chi connectivity index (χ1) is 12.5. The van der Waals surface area contributed by atoms with E-state index < -0.39 is 0 Å². The quantitative estimate of drug-likeness (QED) is 0.426. The van der Waals surface area contributed by atoms with Gasteiger partial charge in [0.2, 0.25) is 0 Å². The Morgan fingerprint density at radius 3 is 2.15 bits per heavy atom. The highest BCUT2D eigenvalue weighted by atomic mass is 32.2. The normalized spacial score (nSPS) is 11.2. The third-order valence-corrected chi connectivity index (χ3v) is 4.33. The molecular weight excluding hydrogens is 348 g/mol. The van der Waals surface area contributed by atoms with Crippen LogP contribution in [0.3, 0.4) is 0 Å². The number of carbonyl (C=O) groups is 2. The number of ketones is 2. The van der Waals surface area contributed by atoms with Gasteiger partial charge in [0.05, 0.1) is 13.5 Å². The van der Waals surface area contributed by atoms with Gasteiger partial charge >= 0.3 is 0 Å². The van der Waals surface area contributed by atoms with Gasteiger partial charge in [0.25, 0.3) is 0 Å². The molecule has 26 heavy (non-hydrogen) atoms. The van der Waals surface area contributed by atoms with Gasteiger partial charge in [-0.15, -0.1) is 11.8 Å². The van der Waals surface area contributed by atoms with Crippen LogP contribution in [-0.4, -0.2) is 30.0 Å². The number of carbonyl (C=O) groups excluding carboxylic acids is 2. The second-order valence-electron chi connectivity index (χ2n) is 5.48. The van der Waals surface area contributed by atoms with Crippen molar-refractivity contribution in [1.29, 1.82) is 0 Å². The molecule has 0 atom stereocenters. The van der Waals surface area contributed by atoms with Crippen LogP contribution in [-0.2, 0) is 9.59 Å². The fourth-order valence-electron chi connectivity index (χ4n) is 2.18. The summed E-state index contributed by atoms with van der Waals surface area (Å²) < 4.78 is 5.01. The van der Waals surface area contributed by atoms with Crippen LogP contribution in [0.25, 0.3) is 12.2 Å². The molecule has 0 amide bonds. The predicted octanol–water partition coefficient (Wildman–Crippen LogP) is 4.38. The summed E-state index contributed by atoms with van der Waals surface area (Å²) in [6.45, 7) is 0. The Labute approximate surface area is 157 Å².